The Balaban J connectivity index is 1.51. The smallest absolute Gasteiger partial charge is 0.291 e. The number of carbonyl (C=O) groups is 2. The summed E-state index contributed by atoms with van der Waals surface area (Å²) in [5.41, 5.74) is 1.46. The average molecular weight is 541 g/mol. The van der Waals surface area contributed by atoms with Crippen LogP contribution >= 0.6 is 11.6 Å². The molecule has 0 aliphatic carbocycles. The summed E-state index contributed by atoms with van der Waals surface area (Å²) in [6.45, 7) is 3.06. The Morgan fingerprint density at radius 2 is 1.82 bits per heavy atom. The molecular weight excluding hydrogens is 516 g/mol. The van der Waals surface area contributed by atoms with Crippen LogP contribution in [0.15, 0.2) is 75.9 Å². The Labute approximate surface area is 229 Å². The molecule has 0 radical (unpaired) electrons. The molecule has 196 valence electrons. The van der Waals surface area contributed by atoms with Crippen molar-refractivity contribution in [2.75, 3.05) is 18.1 Å². The van der Waals surface area contributed by atoms with E-state index in [1.165, 1.54) is 11.0 Å². The molecule has 7 nitrogen and oxygen atoms in total. The third-order valence-corrected chi connectivity index (χ3v) is 8.43. The number of hydrogen-bond acceptors (Lipinski definition) is 5. The number of halogens is 1. The van der Waals surface area contributed by atoms with Gasteiger partial charge in [0.2, 0.25) is 5.76 Å². The van der Waals surface area contributed by atoms with Crippen molar-refractivity contribution in [3.63, 3.8) is 0 Å². The zero-order chi connectivity index (χ0) is 26.9. The number of rotatable bonds is 4. The summed E-state index contributed by atoms with van der Waals surface area (Å²) in [5.74, 6) is -0.949. The monoisotopic (exact) mass is 540 g/mol. The highest BCUT2D eigenvalue weighted by atomic mass is 35.5. The quantitative estimate of drug-likeness (QED) is 0.356. The Morgan fingerprint density at radius 1 is 1.03 bits per heavy atom. The highest BCUT2D eigenvalue weighted by Crippen LogP contribution is 2.53. The minimum atomic E-state index is -1.67. The average Bonchev–Trinajstić information content (AvgIpc) is 3.60. The maximum atomic E-state index is 14.8. The zero-order valence-electron chi connectivity index (χ0n) is 21.3. The molecule has 7 rings (SSSR count). The third kappa shape index (κ3) is 3.36. The second kappa shape index (κ2) is 8.79. The number of ether oxygens (including phenoxy) is 1. The summed E-state index contributed by atoms with van der Waals surface area (Å²) in [7, 11) is 0. The van der Waals surface area contributed by atoms with Gasteiger partial charge >= 0.3 is 0 Å². The fourth-order valence-corrected chi connectivity index (χ4v) is 6.49. The van der Waals surface area contributed by atoms with Crippen molar-refractivity contribution >= 4 is 40.1 Å². The van der Waals surface area contributed by atoms with Crippen LogP contribution in [-0.4, -0.2) is 36.0 Å². The molecule has 1 fully saturated rings. The highest BCUT2D eigenvalue weighted by molar-refractivity contribution is 6.31. The van der Waals surface area contributed by atoms with Crippen molar-refractivity contribution < 1.29 is 18.7 Å². The second-order valence-electron chi connectivity index (χ2n) is 10.4. The fourth-order valence-electron chi connectivity index (χ4n) is 6.32. The molecule has 3 aliphatic heterocycles. The first-order valence-electron chi connectivity index (χ1n) is 13.1. The Morgan fingerprint density at radius 3 is 2.62 bits per heavy atom. The standard InChI is InChI=1S/C31H25ClN2O5/c1-18-7-2-3-8-19(18)16-33-24-11-5-4-10-23(24)31(30(33)37)26-27(35)22-15-20(32)12-13-25(22)39-28(26)29(36)34(31)17-21-9-6-14-38-21/h2-5,7-8,10-13,15,21H,6,9,14,16-17H2,1H3. The van der Waals surface area contributed by atoms with E-state index in [-0.39, 0.29) is 40.8 Å². The van der Waals surface area contributed by atoms with Crippen LogP contribution in [0.1, 0.15) is 45.7 Å². The zero-order valence-corrected chi connectivity index (χ0v) is 22.0. The van der Waals surface area contributed by atoms with E-state index in [2.05, 4.69) is 0 Å². The van der Waals surface area contributed by atoms with Gasteiger partial charge in [0.15, 0.2) is 11.0 Å². The number of carbonyl (C=O) groups excluding carboxylic acids is 2. The highest BCUT2D eigenvalue weighted by Gasteiger charge is 2.65. The van der Waals surface area contributed by atoms with Crippen LogP contribution in [0.3, 0.4) is 0 Å². The predicted molar refractivity (Wildman–Crippen MR) is 147 cm³/mol. The summed E-state index contributed by atoms with van der Waals surface area (Å²) in [4.78, 5) is 46.4. The topological polar surface area (TPSA) is 80.1 Å². The Bertz CT molecular complexity index is 1740. The molecule has 39 heavy (non-hydrogen) atoms. The molecule has 1 spiro atoms. The summed E-state index contributed by atoms with van der Waals surface area (Å²) < 4.78 is 12.0. The SMILES string of the molecule is Cc1ccccc1CN1C(=O)C2(c3ccccc31)c1c(oc3ccc(Cl)cc3c1=O)C(=O)N2CC1CCCO1. The minimum Gasteiger partial charge on any atom is -0.450 e. The third-order valence-electron chi connectivity index (χ3n) is 8.20. The normalized spacial score (nSPS) is 21.8. The molecule has 3 aliphatic rings. The van der Waals surface area contributed by atoms with E-state index in [0.717, 1.165) is 24.0 Å². The molecule has 8 heteroatoms. The summed E-state index contributed by atoms with van der Waals surface area (Å²) in [6, 6.07) is 20.0. The molecule has 0 bridgehead atoms. The summed E-state index contributed by atoms with van der Waals surface area (Å²) in [5, 5.41) is 0.596. The maximum Gasteiger partial charge on any atom is 0.291 e. The molecule has 2 atom stereocenters. The van der Waals surface area contributed by atoms with Crippen LogP contribution in [0.4, 0.5) is 5.69 Å². The largest absolute Gasteiger partial charge is 0.450 e. The van der Waals surface area contributed by atoms with Gasteiger partial charge in [0, 0.05) is 23.7 Å². The second-order valence-corrected chi connectivity index (χ2v) is 10.8. The van der Waals surface area contributed by atoms with E-state index >= 15 is 0 Å². The van der Waals surface area contributed by atoms with Gasteiger partial charge in [-0.25, -0.2) is 0 Å². The molecule has 3 aromatic carbocycles. The van der Waals surface area contributed by atoms with Crippen molar-refractivity contribution in [3.8, 4) is 0 Å². The summed E-state index contributed by atoms with van der Waals surface area (Å²) in [6.07, 6.45) is 1.39. The first-order valence-corrected chi connectivity index (χ1v) is 13.5. The number of fused-ring (bicyclic) bond motifs is 5. The van der Waals surface area contributed by atoms with Gasteiger partial charge in [-0.3, -0.25) is 14.4 Å². The van der Waals surface area contributed by atoms with Crippen LogP contribution in [0, 0.1) is 6.92 Å². The van der Waals surface area contributed by atoms with E-state index in [4.69, 9.17) is 20.8 Å². The lowest BCUT2D eigenvalue weighted by Gasteiger charge is -2.35. The molecule has 0 saturated carbocycles. The van der Waals surface area contributed by atoms with Crippen LogP contribution in [0.5, 0.6) is 0 Å². The van der Waals surface area contributed by atoms with Gasteiger partial charge in [-0.2, -0.15) is 0 Å². The first kappa shape index (κ1) is 24.1. The van der Waals surface area contributed by atoms with E-state index in [9.17, 15) is 14.4 Å². The molecule has 2 amide bonds. The van der Waals surface area contributed by atoms with Crippen LogP contribution in [0.2, 0.25) is 5.02 Å². The van der Waals surface area contributed by atoms with E-state index in [0.29, 0.717) is 29.4 Å². The predicted octanol–water partition coefficient (Wildman–Crippen LogP) is 5.18. The molecule has 4 aromatic rings. The van der Waals surface area contributed by atoms with Crippen molar-refractivity contribution in [2.45, 2.75) is 38.0 Å². The van der Waals surface area contributed by atoms with Crippen LogP contribution in [0.25, 0.3) is 11.0 Å². The Kier molecular flexibility index (Phi) is 5.44. The molecule has 1 saturated heterocycles. The lowest BCUT2D eigenvalue weighted by Crippen LogP contribution is -2.55. The number of benzene rings is 3. The first-order chi connectivity index (χ1) is 18.9. The number of hydrogen-bond donors (Lipinski definition) is 0. The molecular formula is C31H25ClN2O5. The van der Waals surface area contributed by atoms with Gasteiger partial charge in [-0.1, -0.05) is 54.1 Å². The van der Waals surface area contributed by atoms with Crippen LogP contribution < -0.4 is 10.3 Å². The lowest BCUT2D eigenvalue weighted by atomic mass is 9.83. The maximum absolute atomic E-state index is 14.8. The summed E-state index contributed by atoms with van der Waals surface area (Å²) >= 11 is 6.25. The fraction of sp³-hybridized carbons (Fsp3) is 0.258. The number of nitrogens with zero attached hydrogens (tertiary/aromatic N) is 2. The number of para-hydroxylation sites is 1. The van der Waals surface area contributed by atoms with Gasteiger partial charge in [-0.05, 0) is 55.2 Å². The van der Waals surface area contributed by atoms with Crippen molar-refractivity contribution in [3.05, 3.63) is 110 Å². The van der Waals surface area contributed by atoms with Gasteiger partial charge in [-0.15, -0.1) is 0 Å². The van der Waals surface area contributed by atoms with Crippen molar-refractivity contribution in [2.24, 2.45) is 0 Å². The van der Waals surface area contributed by atoms with Crippen molar-refractivity contribution in [1.82, 2.24) is 4.90 Å². The van der Waals surface area contributed by atoms with Crippen molar-refractivity contribution in [1.29, 1.82) is 0 Å². The van der Waals surface area contributed by atoms with Gasteiger partial charge in [0.1, 0.15) is 5.58 Å². The van der Waals surface area contributed by atoms with Gasteiger partial charge in [0.05, 0.1) is 29.3 Å². The lowest BCUT2D eigenvalue weighted by molar-refractivity contribution is -0.126. The number of amides is 2. The van der Waals surface area contributed by atoms with E-state index < -0.39 is 16.9 Å². The van der Waals surface area contributed by atoms with Crippen LogP contribution in [-0.2, 0) is 21.6 Å². The molecule has 0 N–H and O–H groups in total. The minimum absolute atomic E-state index is 0.0463. The van der Waals surface area contributed by atoms with Gasteiger partial charge in [0.25, 0.3) is 11.8 Å². The number of anilines is 1. The Hall–Kier alpha value is -3.94. The molecule has 2 unspecified atom stereocenters. The van der Waals surface area contributed by atoms with E-state index in [1.807, 2.05) is 55.5 Å². The molecule has 1 aromatic heterocycles. The van der Waals surface area contributed by atoms with Gasteiger partial charge < -0.3 is 19.0 Å². The molecule has 4 heterocycles. The van der Waals surface area contributed by atoms with E-state index in [1.54, 1.807) is 17.0 Å². The number of aryl methyl sites for hydroxylation is 1.